The third-order valence-corrected chi connectivity index (χ3v) is 6.17. The molecule has 10 heteroatoms. The number of hydrogen-bond donors (Lipinski definition) is 1. The first-order chi connectivity index (χ1) is 16.2. The molecule has 0 bridgehead atoms. The maximum Gasteiger partial charge on any atom is 0.276 e. The van der Waals surface area contributed by atoms with Crippen LogP contribution in [0.3, 0.4) is 0 Å². The van der Waals surface area contributed by atoms with Crippen molar-refractivity contribution >= 4 is 46.4 Å². The summed E-state index contributed by atoms with van der Waals surface area (Å²) in [6, 6.07) is 12.5. The highest BCUT2D eigenvalue weighted by molar-refractivity contribution is 6.35. The summed E-state index contributed by atoms with van der Waals surface area (Å²) in [7, 11) is 0. The van der Waals surface area contributed by atoms with Crippen LogP contribution in [0.5, 0.6) is 5.75 Å². The van der Waals surface area contributed by atoms with E-state index in [9.17, 15) is 4.79 Å². The van der Waals surface area contributed by atoms with Crippen molar-refractivity contribution in [2.24, 2.45) is 0 Å². The first kappa shape index (κ1) is 24.1. The number of amides is 1. The van der Waals surface area contributed by atoms with Crippen LogP contribution in [0.1, 0.15) is 33.0 Å². The van der Waals surface area contributed by atoms with Gasteiger partial charge in [-0.05, 0) is 62.2 Å². The zero-order chi connectivity index (χ0) is 24.4. The molecule has 0 unspecified atom stereocenters. The number of nitrogens with one attached hydrogen (secondary N) is 1. The van der Waals surface area contributed by atoms with Gasteiger partial charge in [-0.2, -0.15) is 10.2 Å². The van der Waals surface area contributed by atoms with Crippen molar-refractivity contribution < 1.29 is 9.53 Å². The Kier molecular flexibility index (Phi) is 7.16. The molecule has 4 rings (SSSR count). The second-order valence-electron chi connectivity index (χ2n) is 7.84. The van der Waals surface area contributed by atoms with Gasteiger partial charge in [-0.3, -0.25) is 9.48 Å². The molecule has 176 valence electrons. The minimum Gasteiger partial charge on any atom is -0.470 e. The second kappa shape index (κ2) is 10.1. The van der Waals surface area contributed by atoms with Crippen molar-refractivity contribution in [1.29, 1.82) is 0 Å². The third-order valence-electron chi connectivity index (χ3n) is 5.27. The Balaban J connectivity index is 1.44. The highest BCUT2D eigenvalue weighted by Gasteiger charge is 2.18. The van der Waals surface area contributed by atoms with Crippen molar-refractivity contribution in [3.8, 4) is 5.75 Å². The molecule has 0 spiro atoms. The molecule has 0 radical (unpaired) electrons. The summed E-state index contributed by atoms with van der Waals surface area (Å²) in [5.41, 5.74) is 4.28. The summed E-state index contributed by atoms with van der Waals surface area (Å²) in [4.78, 5) is 12.8. The van der Waals surface area contributed by atoms with Crippen LogP contribution in [0.15, 0.2) is 48.7 Å². The summed E-state index contributed by atoms with van der Waals surface area (Å²) in [6.07, 6.45) is 1.67. The fourth-order valence-electron chi connectivity index (χ4n) is 3.43. The quantitative estimate of drug-likeness (QED) is 0.311. The SMILES string of the molecule is Cc1ccc(Cl)c(OCn2ccc(C(=O)Nc3c(C)nn(Cc4ccc(Cl)cc4Cl)c3C)n2)c1. The molecule has 0 saturated heterocycles. The first-order valence-electron chi connectivity index (χ1n) is 10.4. The Morgan fingerprint density at radius 1 is 1.00 bits per heavy atom. The smallest absolute Gasteiger partial charge is 0.276 e. The monoisotopic (exact) mass is 517 g/mol. The number of nitrogens with zero attached hydrogens (tertiary/aromatic N) is 4. The number of aromatic nitrogens is 4. The molecule has 0 aliphatic rings. The summed E-state index contributed by atoms with van der Waals surface area (Å²) < 4.78 is 9.05. The van der Waals surface area contributed by atoms with Crippen LogP contribution in [0.25, 0.3) is 0 Å². The van der Waals surface area contributed by atoms with Crippen LogP contribution in [-0.4, -0.2) is 25.5 Å². The molecule has 2 aromatic heterocycles. The van der Waals surface area contributed by atoms with E-state index in [1.165, 1.54) is 4.68 Å². The highest BCUT2D eigenvalue weighted by atomic mass is 35.5. The Labute approximate surface area is 212 Å². The Morgan fingerprint density at radius 2 is 1.79 bits per heavy atom. The summed E-state index contributed by atoms with van der Waals surface area (Å²) in [6.45, 7) is 6.24. The van der Waals surface area contributed by atoms with Crippen LogP contribution in [0.2, 0.25) is 15.1 Å². The van der Waals surface area contributed by atoms with E-state index >= 15 is 0 Å². The predicted molar refractivity (Wildman–Crippen MR) is 134 cm³/mol. The zero-order valence-corrected chi connectivity index (χ0v) is 21.0. The van der Waals surface area contributed by atoms with Crippen molar-refractivity contribution in [2.45, 2.75) is 34.0 Å². The molecule has 0 fully saturated rings. The van der Waals surface area contributed by atoms with Crippen molar-refractivity contribution in [1.82, 2.24) is 19.6 Å². The number of aryl methyl sites for hydroxylation is 2. The van der Waals surface area contributed by atoms with Gasteiger partial charge in [-0.1, -0.05) is 46.9 Å². The Morgan fingerprint density at radius 3 is 2.56 bits per heavy atom. The lowest BCUT2D eigenvalue weighted by Gasteiger charge is -2.09. The summed E-state index contributed by atoms with van der Waals surface area (Å²) in [5.74, 6) is 0.213. The number of carbonyl (C=O) groups is 1. The van der Waals surface area contributed by atoms with E-state index in [1.54, 1.807) is 35.1 Å². The summed E-state index contributed by atoms with van der Waals surface area (Å²) >= 11 is 18.5. The molecule has 34 heavy (non-hydrogen) atoms. The average molecular weight is 519 g/mol. The Bertz CT molecular complexity index is 1360. The Hall–Kier alpha value is -3.00. The average Bonchev–Trinajstić information content (AvgIpc) is 3.37. The lowest BCUT2D eigenvalue weighted by atomic mass is 10.2. The normalized spacial score (nSPS) is 11.0. The van der Waals surface area contributed by atoms with Gasteiger partial charge in [0.25, 0.3) is 5.91 Å². The largest absolute Gasteiger partial charge is 0.470 e. The fraction of sp³-hybridized carbons (Fsp3) is 0.208. The van der Waals surface area contributed by atoms with Gasteiger partial charge in [0.2, 0.25) is 0 Å². The zero-order valence-electron chi connectivity index (χ0n) is 18.8. The van der Waals surface area contributed by atoms with E-state index in [2.05, 4.69) is 15.5 Å². The lowest BCUT2D eigenvalue weighted by molar-refractivity contribution is 0.102. The number of carbonyl (C=O) groups excluding carboxylic acids is 1. The van der Waals surface area contributed by atoms with Gasteiger partial charge < -0.3 is 10.1 Å². The molecule has 2 aromatic carbocycles. The van der Waals surface area contributed by atoms with Crippen LogP contribution in [0.4, 0.5) is 5.69 Å². The minimum absolute atomic E-state index is 0.119. The first-order valence-corrected chi connectivity index (χ1v) is 11.6. The lowest BCUT2D eigenvalue weighted by Crippen LogP contribution is -2.15. The highest BCUT2D eigenvalue weighted by Crippen LogP contribution is 2.26. The number of hydrogen-bond acceptors (Lipinski definition) is 4. The second-order valence-corrected chi connectivity index (χ2v) is 9.09. The minimum atomic E-state index is -0.345. The van der Waals surface area contributed by atoms with E-state index in [1.807, 2.05) is 39.0 Å². The number of anilines is 1. The molecule has 0 aliphatic heterocycles. The van der Waals surface area contributed by atoms with Gasteiger partial charge in [0.05, 0.1) is 28.6 Å². The molecular formula is C24H22Cl3N5O2. The number of ether oxygens (including phenoxy) is 1. The van der Waals surface area contributed by atoms with Crippen molar-refractivity contribution in [3.05, 3.63) is 91.9 Å². The topological polar surface area (TPSA) is 74.0 Å². The van der Waals surface area contributed by atoms with Crippen LogP contribution < -0.4 is 10.1 Å². The van der Waals surface area contributed by atoms with Gasteiger partial charge >= 0.3 is 0 Å². The van der Waals surface area contributed by atoms with Gasteiger partial charge in [0.1, 0.15) is 5.75 Å². The maximum absolute atomic E-state index is 12.8. The van der Waals surface area contributed by atoms with Gasteiger partial charge in [0, 0.05) is 16.2 Å². The van der Waals surface area contributed by atoms with E-state index < -0.39 is 0 Å². The van der Waals surface area contributed by atoms with Gasteiger partial charge in [0.15, 0.2) is 12.4 Å². The van der Waals surface area contributed by atoms with E-state index in [-0.39, 0.29) is 18.3 Å². The van der Waals surface area contributed by atoms with Gasteiger partial charge in [-0.15, -0.1) is 0 Å². The molecule has 0 aliphatic carbocycles. The molecule has 0 saturated carbocycles. The molecule has 4 aromatic rings. The molecule has 1 N–H and O–H groups in total. The van der Waals surface area contributed by atoms with Crippen LogP contribution in [-0.2, 0) is 13.3 Å². The predicted octanol–water partition coefficient (Wildman–Crippen LogP) is 6.30. The molecule has 0 atom stereocenters. The molecule has 1 amide bonds. The third kappa shape index (κ3) is 5.38. The van der Waals surface area contributed by atoms with E-state index in [0.717, 1.165) is 16.8 Å². The van der Waals surface area contributed by atoms with Crippen molar-refractivity contribution in [2.75, 3.05) is 5.32 Å². The van der Waals surface area contributed by atoms with Crippen LogP contribution >= 0.6 is 34.8 Å². The van der Waals surface area contributed by atoms with E-state index in [0.29, 0.717) is 38.7 Å². The standard InChI is InChI=1S/C24H22Cl3N5O2/c1-14-4-7-19(26)22(10-14)34-13-31-9-8-21(30-31)24(33)28-23-15(2)29-32(16(23)3)12-17-5-6-18(25)11-20(17)27/h4-11H,12-13H2,1-3H3,(H,28,33). The molecule has 2 heterocycles. The summed E-state index contributed by atoms with van der Waals surface area (Å²) in [5, 5.41) is 13.4. The van der Waals surface area contributed by atoms with Crippen molar-refractivity contribution in [3.63, 3.8) is 0 Å². The number of halogens is 3. The van der Waals surface area contributed by atoms with E-state index in [4.69, 9.17) is 39.5 Å². The van der Waals surface area contributed by atoms with Crippen LogP contribution in [0, 0.1) is 20.8 Å². The molecule has 7 nitrogen and oxygen atoms in total. The number of rotatable bonds is 7. The fourth-order valence-corrected chi connectivity index (χ4v) is 4.07. The van der Waals surface area contributed by atoms with Gasteiger partial charge in [-0.25, -0.2) is 4.68 Å². The number of benzene rings is 2. The molecular weight excluding hydrogens is 497 g/mol. The maximum atomic E-state index is 12.8.